The fraction of sp³-hybridized carbons (Fsp3) is 0.615. The van der Waals surface area contributed by atoms with Crippen LogP contribution in [0.3, 0.4) is 0 Å². The zero-order valence-electron chi connectivity index (χ0n) is 11.6. The van der Waals surface area contributed by atoms with Crippen LogP contribution in [0.4, 0.5) is 5.69 Å². The Hall–Kier alpha value is -1.69. The number of anilines is 1. The summed E-state index contributed by atoms with van der Waals surface area (Å²) in [5, 5.41) is 14.9. The lowest BCUT2D eigenvalue weighted by Crippen LogP contribution is -2.31. The van der Waals surface area contributed by atoms with Crippen molar-refractivity contribution < 1.29 is 4.79 Å². The molecule has 0 aliphatic carbocycles. The van der Waals surface area contributed by atoms with Crippen LogP contribution in [0, 0.1) is 19.8 Å². The minimum atomic E-state index is 0.250. The summed E-state index contributed by atoms with van der Waals surface area (Å²) in [6, 6.07) is 0. The first kappa shape index (κ1) is 15.4. The van der Waals surface area contributed by atoms with Crippen molar-refractivity contribution >= 4 is 12.1 Å². The molecule has 0 unspecified atom stereocenters. The first-order valence-corrected chi connectivity index (χ1v) is 6.57. The van der Waals surface area contributed by atoms with Gasteiger partial charge >= 0.3 is 0 Å². The van der Waals surface area contributed by atoms with Crippen LogP contribution < -0.4 is 16.4 Å². The molecule has 2 rings (SSSR count). The summed E-state index contributed by atoms with van der Waals surface area (Å²) in [6.07, 6.45) is 4.60. The number of aromatic nitrogens is 2. The first-order chi connectivity index (χ1) is 9.19. The predicted molar refractivity (Wildman–Crippen MR) is 75.8 cm³/mol. The van der Waals surface area contributed by atoms with Gasteiger partial charge in [-0.3, -0.25) is 4.79 Å². The minimum Gasteiger partial charge on any atom is -0.383 e. The molecule has 4 N–H and O–H groups in total. The summed E-state index contributed by atoms with van der Waals surface area (Å²) >= 11 is 0. The van der Waals surface area contributed by atoms with Crippen molar-refractivity contribution in [2.24, 2.45) is 11.7 Å². The number of nitrogens with one attached hydrogen (secondary N) is 2. The van der Waals surface area contributed by atoms with Crippen molar-refractivity contribution in [1.82, 2.24) is 15.5 Å². The number of nitrogens with zero attached hydrogens (tertiary/aromatic N) is 2. The Balaban J connectivity index is 0.000000550. The number of hydrogen-bond acceptors (Lipinski definition) is 5. The van der Waals surface area contributed by atoms with Gasteiger partial charge in [0.15, 0.2) is 0 Å². The van der Waals surface area contributed by atoms with Gasteiger partial charge in [0.25, 0.3) is 0 Å². The van der Waals surface area contributed by atoms with Gasteiger partial charge in [-0.1, -0.05) is 0 Å². The standard InChI is InChI=1S/C12H20N4.CH3NO/c1-9-7-15-16-10(2)12(9)14-8-11-3-5-13-6-4-11;2-1-3/h7,11,13H,3-6,8H2,1-2H3,(H,14,15);1H,(H2,2,3). The van der Waals surface area contributed by atoms with Crippen molar-refractivity contribution in [3.05, 3.63) is 17.5 Å². The van der Waals surface area contributed by atoms with Gasteiger partial charge in [0, 0.05) is 6.54 Å². The van der Waals surface area contributed by atoms with E-state index in [0.29, 0.717) is 0 Å². The highest BCUT2D eigenvalue weighted by Crippen LogP contribution is 2.18. The van der Waals surface area contributed by atoms with Gasteiger partial charge in [0.2, 0.25) is 6.41 Å². The third-order valence-corrected chi connectivity index (χ3v) is 3.24. The fourth-order valence-corrected chi connectivity index (χ4v) is 2.20. The highest BCUT2D eigenvalue weighted by molar-refractivity contribution is 5.52. The summed E-state index contributed by atoms with van der Waals surface area (Å²) in [7, 11) is 0. The maximum Gasteiger partial charge on any atom is 0.204 e. The Labute approximate surface area is 114 Å². The molecule has 1 aliphatic heterocycles. The van der Waals surface area contributed by atoms with Crippen molar-refractivity contribution in [2.75, 3.05) is 25.0 Å². The second-order valence-corrected chi connectivity index (χ2v) is 4.70. The molecule has 106 valence electrons. The summed E-state index contributed by atoms with van der Waals surface area (Å²) in [5.74, 6) is 0.785. The SMILES string of the molecule is Cc1cnnc(C)c1NCC1CCNCC1.NC=O. The predicted octanol–water partition coefficient (Wildman–Crippen LogP) is 0.606. The van der Waals surface area contributed by atoms with E-state index in [1.165, 1.54) is 18.4 Å². The molecule has 1 aliphatic rings. The molecule has 6 nitrogen and oxygen atoms in total. The monoisotopic (exact) mass is 265 g/mol. The molecule has 0 atom stereocenters. The summed E-state index contributed by atoms with van der Waals surface area (Å²) in [6.45, 7) is 7.43. The number of aryl methyl sites for hydroxylation is 2. The van der Waals surface area contributed by atoms with E-state index in [-0.39, 0.29) is 6.41 Å². The lowest BCUT2D eigenvalue weighted by atomic mass is 9.98. The van der Waals surface area contributed by atoms with Gasteiger partial charge in [-0.15, -0.1) is 0 Å². The molecule has 2 heterocycles. The van der Waals surface area contributed by atoms with E-state index < -0.39 is 0 Å². The maximum atomic E-state index is 8.58. The third kappa shape index (κ3) is 5.21. The van der Waals surface area contributed by atoms with Gasteiger partial charge in [-0.25, -0.2) is 0 Å². The number of hydrogen-bond donors (Lipinski definition) is 3. The molecule has 1 saturated heterocycles. The zero-order chi connectivity index (χ0) is 14.1. The Morgan fingerprint density at radius 2 is 2.11 bits per heavy atom. The van der Waals surface area contributed by atoms with E-state index in [2.05, 4.69) is 33.5 Å². The third-order valence-electron chi connectivity index (χ3n) is 3.24. The quantitative estimate of drug-likeness (QED) is 0.696. The largest absolute Gasteiger partial charge is 0.383 e. The van der Waals surface area contributed by atoms with Crippen molar-refractivity contribution in [3.8, 4) is 0 Å². The highest BCUT2D eigenvalue weighted by atomic mass is 16.1. The van der Waals surface area contributed by atoms with Crippen LogP contribution in [-0.2, 0) is 4.79 Å². The van der Waals surface area contributed by atoms with E-state index >= 15 is 0 Å². The molecule has 1 aromatic rings. The van der Waals surface area contributed by atoms with Gasteiger partial charge in [-0.2, -0.15) is 10.2 Å². The maximum absolute atomic E-state index is 8.58. The lowest BCUT2D eigenvalue weighted by Gasteiger charge is -2.23. The second-order valence-electron chi connectivity index (χ2n) is 4.70. The van der Waals surface area contributed by atoms with E-state index in [1.54, 1.807) is 0 Å². The molecule has 0 aromatic carbocycles. The van der Waals surface area contributed by atoms with Gasteiger partial charge in [0.05, 0.1) is 17.6 Å². The van der Waals surface area contributed by atoms with Crippen LogP contribution in [0.1, 0.15) is 24.1 Å². The Bertz CT molecular complexity index is 370. The summed E-state index contributed by atoms with van der Waals surface area (Å²) in [4.78, 5) is 8.58. The van der Waals surface area contributed by atoms with Gasteiger partial charge in [-0.05, 0) is 51.3 Å². The number of amides is 1. The van der Waals surface area contributed by atoms with Crippen LogP contribution in [0.25, 0.3) is 0 Å². The average Bonchev–Trinajstić information content (AvgIpc) is 2.40. The van der Waals surface area contributed by atoms with Crippen molar-refractivity contribution in [1.29, 1.82) is 0 Å². The van der Waals surface area contributed by atoms with Crippen molar-refractivity contribution in [3.63, 3.8) is 0 Å². The normalized spacial score (nSPS) is 15.3. The number of piperidine rings is 1. The summed E-state index contributed by atoms with van der Waals surface area (Å²) in [5.41, 5.74) is 7.50. The number of nitrogens with two attached hydrogens (primary N) is 1. The number of rotatable bonds is 3. The number of carbonyl (C=O) groups excluding carboxylic acids is 1. The Morgan fingerprint density at radius 3 is 2.68 bits per heavy atom. The fourth-order valence-electron chi connectivity index (χ4n) is 2.20. The molecule has 0 bridgehead atoms. The van der Waals surface area contributed by atoms with Gasteiger partial charge in [0.1, 0.15) is 0 Å². The topological polar surface area (TPSA) is 92.9 Å². The van der Waals surface area contributed by atoms with E-state index in [4.69, 9.17) is 4.79 Å². The van der Waals surface area contributed by atoms with E-state index in [1.807, 2.05) is 13.1 Å². The average molecular weight is 265 g/mol. The highest BCUT2D eigenvalue weighted by Gasteiger charge is 2.13. The Kier molecular flexibility index (Phi) is 6.81. The molecule has 1 aromatic heterocycles. The van der Waals surface area contributed by atoms with Crippen molar-refractivity contribution in [2.45, 2.75) is 26.7 Å². The van der Waals surface area contributed by atoms with Crippen LogP contribution in [0.2, 0.25) is 0 Å². The molecular weight excluding hydrogens is 242 g/mol. The first-order valence-electron chi connectivity index (χ1n) is 6.57. The second kappa shape index (κ2) is 8.42. The van der Waals surface area contributed by atoms with Crippen LogP contribution >= 0.6 is 0 Å². The van der Waals surface area contributed by atoms with Crippen LogP contribution in [-0.4, -0.2) is 36.2 Å². The van der Waals surface area contributed by atoms with Gasteiger partial charge < -0.3 is 16.4 Å². The molecule has 0 spiro atoms. The smallest absolute Gasteiger partial charge is 0.204 e. The van der Waals surface area contributed by atoms with E-state index in [0.717, 1.165) is 36.9 Å². The molecule has 0 radical (unpaired) electrons. The molecule has 1 amide bonds. The minimum absolute atomic E-state index is 0.250. The number of carbonyl (C=O) groups is 1. The number of primary amides is 1. The van der Waals surface area contributed by atoms with Crippen LogP contribution in [0.15, 0.2) is 6.20 Å². The van der Waals surface area contributed by atoms with Crippen LogP contribution in [0.5, 0.6) is 0 Å². The lowest BCUT2D eigenvalue weighted by molar-refractivity contribution is -0.106. The molecule has 0 saturated carbocycles. The molecule has 1 fully saturated rings. The van der Waals surface area contributed by atoms with E-state index in [9.17, 15) is 0 Å². The Morgan fingerprint density at radius 1 is 1.47 bits per heavy atom. The molecular formula is C13H23N5O. The zero-order valence-corrected chi connectivity index (χ0v) is 11.6. The molecule has 6 heteroatoms. The molecule has 19 heavy (non-hydrogen) atoms. The summed E-state index contributed by atoms with van der Waals surface area (Å²) < 4.78 is 0.